The second-order valence-electron chi connectivity index (χ2n) is 5.66. The van der Waals surface area contributed by atoms with Crippen molar-refractivity contribution < 1.29 is 14.2 Å². The van der Waals surface area contributed by atoms with Gasteiger partial charge in [-0.15, -0.1) is 0 Å². The standard InChI is InChI=1S/C21H20ClNO3/c1-2-17(26-21-13-8-16(22)14-23-21)15-24-18-9-11-20(12-10-18)25-19-6-4-3-5-7-19/h3-14,17H,2,15H2,1H3. The molecule has 0 saturated carbocycles. The van der Waals surface area contributed by atoms with Crippen molar-refractivity contribution in [1.82, 2.24) is 4.98 Å². The first-order chi connectivity index (χ1) is 12.7. The molecule has 26 heavy (non-hydrogen) atoms. The maximum absolute atomic E-state index is 5.83. The molecule has 1 aromatic heterocycles. The third-order valence-corrected chi connectivity index (χ3v) is 3.91. The Hall–Kier alpha value is -2.72. The zero-order valence-electron chi connectivity index (χ0n) is 14.5. The van der Waals surface area contributed by atoms with Crippen molar-refractivity contribution in [3.63, 3.8) is 0 Å². The Bertz CT molecular complexity index is 792. The van der Waals surface area contributed by atoms with Crippen molar-refractivity contribution in [1.29, 1.82) is 0 Å². The topological polar surface area (TPSA) is 40.6 Å². The van der Waals surface area contributed by atoms with Crippen LogP contribution in [0.3, 0.4) is 0 Å². The van der Waals surface area contributed by atoms with Crippen molar-refractivity contribution in [2.75, 3.05) is 6.61 Å². The SMILES string of the molecule is CCC(COc1ccc(Oc2ccccc2)cc1)Oc1ccc(Cl)cn1. The van der Waals surface area contributed by atoms with E-state index in [0.717, 1.165) is 23.7 Å². The number of benzene rings is 2. The van der Waals surface area contributed by atoms with E-state index >= 15 is 0 Å². The van der Waals surface area contributed by atoms with Gasteiger partial charge in [0.05, 0.1) is 5.02 Å². The predicted octanol–water partition coefficient (Wildman–Crippen LogP) is 5.76. The van der Waals surface area contributed by atoms with Gasteiger partial charge in [0.25, 0.3) is 0 Å². The normalized spacial score (nSPS) is 11.6. The number of ether oxygens (including phenoxy) is 3. The number of hydrogen-bond donors (Lipinski definition) is 0. The molecule has 0 fully saturated rings. The highest BCUT2D eigenvalue weighted by Crippen LogP contribution is 2.24. The van der Waals surface area contributed by atoms with Crippen LogP contribution in [-0.4, -0.2) is 17.7 Å². The molecule has 1 atom stereocenters. The molecule has 4 nitrogen and oxygen atoms in total. The van der Waals surface area contributed by atoms with Gasteiger partial charge in [-0.25, -0.2) is 4.98 Å². The second kappa shape index (κ2) is 9.11. The predicted molar refractivity (Wildman–Crippen MR) is 102 cm³/mol. The van der Waals surface area contributed by atoms with Gasteiger partial charge in [0.15, 0.2) is 0 Å². The summed E-state index contributed by atoms with van der Waals surface area (Å²) in [5.74, 6) is 2.86. The molecule has 0 aliphatic carbocycles. The number of rotatable bonds is 8. The van der Waals surface area contributed by atoms with Crippen LogP contribution in [0.15, 0.2) is 72.9 Å². The Kier molecular flexibility index (Phi) is 6.34. The third-order valence-electron chi connectivity index (χ3n) is 3.68. The first-order valence-electron chi connectivity index (χ1n) is 8.47. The van der Waals surface area contributed by atoms with Gasteiger partial charge < -0.3 is 14.2 Å². The highest BCUT2D eigenvalue weighted by Gasteiger charge is 2.10. The van der Waals surface area contributed by atoms with E-state index in [1.165, 1.54) is 0 Å². The lowest BCUT2D eigenvalue weighted by atomic mass is 10.3. The molecule has 0 aliphatic heterocycles. The fourth-order valence-electron chi connectivity index (χ4n) is 2.26. The van der Waals surface area contributed by atoms with Gasteiger partial charge in [0.2, 0.25) is 5.88 Å². The van der Waals surface area contributed by atoms with E-state index in [0.29, 0.717) is 17.5 Å². The molecule has 0 spiro atoms. The Balaban J connectivity index is 1.52. The highest BCUT2D eigenvalue weighted by molar-refractivity contribution is 6.30. The summed E-state index contributed by atoms with van der Waals surface area (Å²) in [5.41, 5.74) is 0. The Morgan fingerprint density at radius 2 is 1.58 bits per heavy atom. The van der Waals surface area contributed by atoms with Gasteiger partial charge in [-0.3, -0.25) is 0 Å². The number of hydrogen-bond acceptors (Lipinski definition) is 4. The molecule has 0 aliphatic rings. The van der Waals surface area contributed by atoms with E-state index in [9.17, 15) is 0 Å². The first-order valence-corrected chi connectivity index (χ1v) is 8.84. The molecule has 1 heterocycles. The molecule has 3 rings (SSSR count). The number of para-hydroxylation sites is 1. The van der Waals surface area contributed by atoms with E-state index in [1.807, 2.05) is 61.5 Å². The van der Waals surface area contributed by atoms with Crippen molar-refractivity contribution >= 4 is 11.6 Å². The average Bonchev–Trinajstić information content (AvgIpc) is 2.68. The van der Waals surface area contributed by atoms with Crippen molar-refractivity contribution in [3.8, 4) is 23.1 Å². The average molecular weight is 370 g/mol. The van der Waals surface area contributed by atoms with Crippen molar-refractivity contribution in [3.05, 3.63) is 77.9 Å². The summed E-state index contributed by atoms with van der Waals surface area (Å²) >= 11 is 5.83. The minimum atomic E-state index is -0.0936. The molecular weight excluding hydrogens is 350 g/mol. The highest BCUT2D eigenvalue weighted by atomic mass is 35.5. The molecule has 3 aromatic rings. The van der Waals surface area contributed by atoms with Crippen LogP contribution in [0.5, 0.6) is 23.1 Å². The summed E-state index contributed by atoms with van der Waals surface area (Å²) in [6.45, 7) is 2.47. The second-order valence-corrected chi connectivity index (χ2v) is 6.10. The summed E-state index contributed by atoms with van der Waals surface area (Å²) < 4.78 is 17.4. The Morgan fingerprint density at radius 3 is 2.23 bits per heavy atom. The van der Waals surface area contributed by atoms with Crippen LogP contribution in [0.25, 0.3) is 0 Å². The maximum atomic E-state index is 5.83. The third kappa shape index (κ3) is 5.39. The van der Waals surface area contributed by atoms with E-state index in [2.05, 4.69) is 4.98 Å². The molecule has 0 bridgehead atoms. The number of pyridine rings is 1. The zero-order chi connectivity index (χ0) is 18.2. The van der Waals surface area contributed by atoms with Crippen LogP contribution in [0.2, 0.25) is 5.02 Å². The molecule has 2 aromatic carbocycles. The van der Waals surface area contributed by atoms with E-state index in [4.69, 9.17) is 25.8 Å². The van der Waals surface area contributed by atoms with Crippen LogP contribution in [0.1, 0.15) is 13.3 Å². The fourth-order valence-corrected chi connectivity index (χ4v) is 2.37. The summed E-state index contributed by atoms with van der Waals surface area (Å²) in [4.78, 5) is 4.15. The van der Waals surface area contributed by atoms with Crippen LogP contribution in [0.4, 0.5) is 0 Å². The molecule has 0 saturated heterocycles. The number of halogens is 1. The summed E-state index contributed by atoms with van der Waals surface area (Å²) in [7, 11) is 0. The van der Waals surface area contributed by atoms with Crippen molar-refractivity contribution in [2.24, 2.45) is 0 Å². The first kappa shape index (κ1) is 18.1. The number of nitrogens with zero attached hydrogens (tertiary/aromatic N) is 1. The maximum Gasteiger partial charge on any atom is 0.213 e. The fraction of sp³-hybridized carbons (Fsp3) is 0.190. The van der Waals surface area contributed by atoms with E-state index in [-0.39, 0.29) is 6.10 Å². The molecule has 5 heteroatoms. The molecule has 0 radical (unpaired) electrons. The van der Waals surface area contributed by atoms with Gasteiger partial charge in [-0.1, -0.05) is 36.7 Å². The van der Waals surface area contributed by atoms with Crippen LogP contribution in [0, 0.1) is 0 Å². The van der Waals surface area contributed by atoms with Gasteiger partial charge in [-0.2, -0.15) is 0 Å². The van der Waals surface area contributed by atoms with Crippen LogP contribution < -0.4 is 14.2 Å². The van der Waals surface area contributed by atoms with E-state index in [1.54, 1.807) is 18.3 Å². The lowest BCUT2D eigenvalue weighted by molar-refractivity contribution is 0.120. The molecule has 0 amide bonds. The lowest BCUT2D eigenvalue weighted by Gasteiger charge is -2.17. The zero-order valence-corrected chi connectivity index (χ0v) is 15.2. The minimum absolute atomic E-state index is 0.0936. The monoisotopic (exact) mass is 369 g/mol. The van der Waals surface area contributed by atoms with Gasteiger partial charge in [-0.05, 0) is 48.9 Å². The van der Waals surface area contributed by atoms with Crippen LogP contribution >= 0.6 is 11.6 Å². The summed E-state index contributed by atoms with van der Waals surface area (Å²) in [6.07, 6.45) is 2.28. The summed E-state index contributed by atoms with van der Waals surface area (Å²) in [5, 5.41) is 0.583. The van der Waals surface area contributed by atoms with Gasteiger partial charge >= 0.3 is 0 Å². The largest absolute Gasteiger partial charge is 0.490 e. The summed E-state index contributed by atoms with van der Waals surface area (Å²) in [6, 6.07) is 20.7. The minimum Gasteiger partial charge on any atom is -0.490 e. The molecule has 1 unspecified atom stereocenters. The lowest BCUT2D eigenvalue weighted by Crippen LogP contribution is -2.24. The Morgan fingerprint density at radius 1 is 0.885 bits per heavy atom. The molecular formula is C21H20ClNO3. The smallest absolute Gasteiger partial charge is 0.213 e. The molecule has 0 N–H and O–H groups in total. The van der Waals surface area contributed by atoms with E-state index < -0.39 is 0 Å². The number of aromatic nitrogens is 1. The van der Waals surface area contributed by atoms with Crippen molar-refractivity contribution in [2.45, 2.75) is 19.4 Å². The quantitative estimate of drug-likeness (QED) is 0.505. The van der Waals surface area contributed by atoms with Gasteiger partial charge in [0.1, 0.15) is 30.0 Å². The molecule has 134 valence electrons. The van der Waals surface area contributed by atoms with Crippen LogP contribution in [-0.2, 0) is 0 Å². The van der Waals surface area contributed by atoms with Gasteiger partial charge in [0, 0.05) is 12.3 Å². The Labute approximate surface area is 158 Å².